The summed E-state index contributed by atoms with van der Waals surface area (Å²) in [5.41, 5.74) is -0.0729. The molecule has 0 aliphatic rings. The zero-order valence-electron chi connectivity index (χ0n) is 7.94. The van der Waals surface area contributed by atoms with Gasteiger partial charge >= 0.3 is 5.97 Å². The first kappa shape index (κ1) is 10.8. The highest BCUT2D eigenvalue weighted by atomic mass is 32.1. The van der Waals surface area contributed by atoms with Crippen LogP contribution in [-0.2, 0) is 6.54 Å². The second-order valence-electron chi connectivity index (χ2n) is 2.90. The first-order valence-electron chi connectivity index (χ1n) is 4.15. The molecule has 1 rings (SSSR count). The fourth-order valence-corrected chi connectivity index (χ4v) is 1.47. The van der Waals surface area contributed by atoms with Gasteiger partial charge in [0.1, 0.15) is 5.56 Å². The number of aryl methyl sites for hydroxylation is 1. The Balaban J connectivity index is 3.57. The molecule has 0 saturated heterocycles. The van der Waals surface area contributed by atoms with E-state index in [0.717, 1.165) is 0 Å². The number of rotatable bonds is 2. The highest BCUT2D eigenvalue weighted by Crippen LogP contribution is 2.09. The number of hydrogen-bond acceptors (Lipinski definition) is 3. The van der Waals surface area contributed by atoms with E-state index >= 15 is 0 Å². The molecule has 0 aliphatic heterocycles. The minimum Gasteiger partial charge on any atom is -0.477 e. The number of pyridine rings is 1. The third kappa shape index (κ3) is 1.68. The minimum atomic E-state index is -1.22. The average Bonchev–Trinajstić information content (AvgIpc) is 2.14. The molecule has 14 heavy (non-hydrogen) atoms. The molecule has 0 unspecified atom stereocenters. The van der Waals surface area contributed by atoms with E-state index in [-0.39, 0.29) is 10.5 Å². The number of hydrogen-bond donors (Lipinski definition) is 2. The Morgan fingerprint density at radius 1 is 1.64 bits per heavy atom. The maximum atomic E-state index is 11.4. The van der Waals surface area contributed by atoms with Gasteiger partial charge in [-0.3, -0.25) is 4.79 Å². The quantitative estimate of drug-likeness (QED) is 0.725. The molecule has 0 aromatic carbocycles. The van der Waals surface area contributed by atoms with E-state index in [2.05, 4.69) is 12.6 Å². The summed E-state index contributed by atoms with van der Waals surface area (Å²) in [7, 11) is 0. The Labute approximate surface area is 86.6 Å². The van der Waals surface area contributed by atoms with E-state index in [0.29, 0.717) is 12.2 Å². The topological polar surface area (TPSA) is 59.3 Å². The van der Waals surface area contributed by atoms with Crippen LogP contribution in [0.5, 0.6) is 0 Å². The summed E-state index contributed by atoms with van der Waals surface area (Å²) in [4.78, 5) is 22.3. The van der Waals surface area contributed by atoms with Gasteiger partial charge in [0.05, 0.1) is 4.90 Å². The number of carboxylic acid groups (broad SMARTS) is 1. The Morgan fingerprint density at radius 3 is 2.64 bits per heavy atom. The van der Waals surface area contributed by atoms with Crippen LogP contribution in [0, 0.1) is 6.92 Å². The van der Waals surface area contributed by atoms with E-state index in [9.17, 15) is 9.59 Å². The molecule has 0 saturated carbocycles. The van der Waals surface area contributed by atoms with Crippen LogP contribution in [0.1, 0.15) is 23.0 Å². The van der Waals surface area contributed by atoms with Crippen molar-refractivity contribution in [2.24, 2.45) is 0 Å². The second kappa shape index (κ2) is 3.88. The zero-order valence-corrected chi connectivity index (χ0v) is 8.84. The molecule has 5 heteroatoms. The summed E-state index contributed by atoms with van der Waals surface area (Å²) in [6.07, 6.45) is 1.35. The van der Waals surface area contributed by atoms with Crippen molar-refractivity contribution in [1.82, 2.24) is 4.57 Å². The van der Waals surface area contributed by atoms with Crippen LogP contribution in [0.15, 0.2) is 15.9 Å². The lowest BCUT2D eigenvalue weighted by molar-refractivity contribution is 0.0694. The SMILES string of the molecule is CCn1cc(C(=O)O)c(=O)c(S)c1C. The summed E-state index contributed by atoms with van der Waals surface area (Å²) in [6, 6.07) is 0. The summed E-state index contributed by atoms with van der Waals surface area (Å²) in [5.74, 6) is -1.22. The van der Waals surface area contributed by atoms with E-state index in [1.54, 1.807) is 11.5 Å². The standard InChI is InChI=1S/C9H11NO3S/c1-3-10-4-6(9(12)13)7(11)8(14)5(10)2/h4,14H,3H2,1-2H3,(H,12,13). The zero-order chi connectivity index (χ0) is 10.9. The number of carboxylic acids is 1. The van der Waals surface area contributed by atoms with Crippen molar-refractivity contribution < 1.29 is 9.90 Å². The molecule has 1 N–H and O–H groups in total. The van der Waals surface area contributed by atoms with Crippen molar-refractivity contribution in [3.05, 3.63) is 27.7 Å². The van der Waals surface area contributed by atoms with Crippen molar-refractivity contribution >= 4 is 18.6 Å². The molecule has 0 fully saturated rings. The molecule has 76 valence electrons. The van der Waals surface area contributed by atoms with E-state index in [4.69, 9.17) is 5.11 Å². The van der Waals surface area contributed by atoms with Crippen LogP contribution >= 0.6 is 12.6 Å². The van der Waals surface area contributed by atoms with Crippen LogP contribution < -0.4 is 5.43 Å². The molecule has 0 aliphatic carbocycles. The monoisotopic (exact) mass is 213 g/mol. The van der Waals surface area contributed by atoms with Gasteiger partial charge in [0.2, 0.25) is 5.43 Å². The highest BCUT2D eigenvalue weighted by Gasteiger charge is 2.14. The van der Waals surface area contributed by atoms with Gasteiger partial charge in [-0.25, -0.2) is 4.79 Å². The van der Waals surface area contributed by atoms with Gasteiger partial charge in [0.15, 0.2) is 0 Å². The number of aromatic carboxylic acids is 1. The van der Waals surface area contributed by atoms with Crippen molar-refractivity contribution in [2.45, 2.75) is 25.3 Å². The predicted octanol–water partition coefficient (Wildman–Crippen LogP) is 1.16. The molecule has 0 bridgehead atoms. The van der Waals surface area contributed by atoms with Crippen LogP contribution in [0.3, 0.4) is 0 Å². The summed E-state index contributed by atoms with van der Waals surface area (Å²) < 4.78 is 1.69. The van der Waals surface area contributed by atoms with Gasteiger partial charge in [0.25, 0.3) is 0 Å². The summed E-state index contributed by atoms with van der Waals surface area (Å²) >= 11 is 4.00. The molecule has 4 nitrogen and oxygen atoms in total. The lowest BCUT2D eigenvalue weighted by Crippen LogP contribution is -2.20. The molecule has 1 heterocycles. The number of carbonyl (C=O) groups is 1. The molecule has 0 amide bonds. The largest absolute Gasteiger partial charge is 0.477 e. The molecule has 1 aromatic heterocycles. The van der Waals surface area contributed by atoms with Gasteiger partial charge in [0, 0.05) is 18.4 Å². The number of aromatic nitrogens is 1. The highest BCUT2D eigenvalue weighted by molar-refractivity contribution is 7.80. The second-order valence-corrected chi connectivity index (χ2v) is 3.34. The average molecular weight is 213 g/mol. The first-order chi connectivity index (χ1) is 6.49. The van der Waals surface area contributed by atoms with Gasteiger partial charge in [-0.05, 0) is 13.8 Å². The molecular formula is C9H11NO3S. The Kier molecular flexibility index (Phi) is 3.00. The number of thiol groups is 1. The van der Waals surface area contributed by atoms with E-state index in [1.165, 1.54) is 6.20 Å². The van der Waals surface area contributed by atoms with Crippen LogP contribution in [0.2, 0.25) is 0 Å². The number of nitrogens with zero attached hydrogens (tertiary/aromatic N) is 1. The van der Waals surface area contributed by atoms with E-state index < -0.39 is 11.4 Å². The summed E-state index contributed by atoms with van der Waals surface area (Å²) in [6.45, 7) is 4.22. The van der Waals surface area contributed by atoms with Crippen molar-refractivity contribution in [3.63, 3.8) is 0 Å². The van der Waals surface area contributed by atoms with Gasteiger partial charge in [-0.15, -0.1) is 12.6 Å². The predicted molar refractivity (Wildman–Crippen MR) is 55.3 cm³/mol. The lowest BCUT2D eigenvalue weighted by Gasteiger charge is -2.10. The smallest absolute Gasteiger partial charge is 0.341 e. The normalized spacial score (nSPS) is 10.2. The van der Waals surface area contributed by atoms with Crippen molar-refractivity contribution in [3.8, 4) is 0 Å². The molecule has 0 radical (unpaired) electrons. The lowest BCUT2D eigenvalue weighted by atomic mass is 10.2. The maximum Gasteiger partial charge on any atom is 0.341 e. The minimum absolute atomic E-state index is 0.201. The third-order valence-corrected chi connectivity index (χ3v) is 2.62. The maximum absolute atomic E-state index is 11.4. The molecular weight excluding hydrogens is 202 g/mol. The Hall–Kier alpha value is -1.23. The van der Waals surface area contributed by atoms with Crippen LogP contribution in [0.4, 0.5) is 0 Å². The summed E-state index contributed by atoms with van der Waals surface area (Å²) in [5, 5.41) is 8.75. The molecule has 1 aromatic rings. The van der Waals surface area contributed by atoms with Crippen molar-refractivity contribution in [2.75, 3.05) is 0 Å². The third-order valence-electron chi connectivity index (χ3n) is 2.09. The van der Waals surface area contributed by atoms with Crippen LogP contribution in [0.25, 0.3) is 0 Å². The first-order valence-corrected chi connectivity index (χ1v) is 4.60. The van der Waals surface area contributed by atoms with E-state index in [1.807, 2.05) is 6.92 Å². The Bertz CT molecular complexity index is 436. The molecule has 0 atom stereocenters. The van der Waals surface area contributed by atoms with Crippen molar-refractivity contribution in [1.29, 1.82) is 0 Å². The van der Waals surface area contributed by atoms with Gasteiger partial charge in [-0.2, -0.15) is 0 Å². The fraction of sp³-hybridized carbons (Fsp3) is 0.333. The Morgan fingerprint density at radius 2 is 2.21 bits per heavy atom. The van der Waals surface area contributed by atoms with Crippen LogP contribution in [-0.4, -0.2) is 15.6 Å². The fourth-order valence-electron chi connectivity index (χ4n) is 1.22. The van der Waals surface area contributed by atoms with Gasteiger partial charge < -0.3 is 9.67 Å². The molecule has 0 spiro atoms. The van der Waals surface area contributed by atoms with Gasteiger partial charge in [-0.1, -0.05) is 0 Å².